The molecule has 2 aromatic rings. The number of carbonyl (C=O) groups is 3. The largest absolute Gasteiger partial charge is 0.463 e. The lowest BCUT2D eigenvalue weighted by Gasteiger charge is -2.28. The number of rotatable bonds is 8. The highest BCUT2D eigenvalue weighted by Gasteiger charge is 2.33. The molecule has 0 saturated carbocycles. The van der Waals surface area contributed by atoms with Gasteiger partial charge in [-0.2, -0.15) is 0 Å². The van der Waals surface area contributed by atoms with Crippen molar-refractivity contribution in [3.05, 3.63) is 53.1 Å². The maximum absolute atomic E-state index is 13.2. The quantitative estimate of drug-likeness (QED) is 0.291. The Labute approximate surface area is 165 Å². The van der Waals surface area contributed by atoms with Gasteiger partial charge in [0.1, 0.15) is 0 Å². The molecule has 0 N–H and O–H groups in total. The van der Waals surface area contributed by atoms with Crippen LogP contribution >= 0.6 is 0 Å². The maximum Gasteiger partial charge on any atom is 0.330 e. The van der Waals surface area contributed by atoms with Crippen molar-refractivity contribution in [2.75, 3.05) is 13.2 Å². The van der Waals surface area contributed by atoms with Crippen LogP contribution in [0.4, 0.5) is 0 Å². The minimum Gasteiger partial charge on any atom is -0.463 e. The highest BCUT2D eigenvalue weighted by molar-refractivity contribution is 6.26. The number of benzene rings is 2. The topological polar surface area (TPSA) is 63.7 Å². The van der Waals surface area contributed by atoms with Crippen molar-refractivity contribution in [3.63, 3.8) is 0 Å². The molecule has 1 aliphatic heterocycles. The van der Waals surface area contributed by atoms with Gasteiger partial charge in [-0.05, 0) is 35.9 Å². The molecular formula is C23H25NO4. The first-order valence-electron chi connectivity index (χ1n) is 9.85. The summed E-state index contributed by atoms with van der Waals surface area (Å²) >= 11 is 0. The summed E-state index contributed by atoms with van der Waals surface area (Å²) < 4.78 is 5.15. The molecule has 0 unspecified atom stereocenters. The van der Waals surface area contributed by atoms with Crippen LogP contribution in [0.2, 0.25) is 0 Å². The van der Waals surface area contributed by atoms with E-state index in [2.05, 4.69) is 0 Å². The molecule has 5 nitrogen and oxygen atoms in total. The fraction of sp³-hybridized carbons (Fsp3) is 0.348. The van der Waals surface area contributed by atoms with Crippen LogP contribution in [0.1, 0.15) is 65.8 Å². The van der Waals surface area contributed by atoms with Gasteiger partial charge in [-0.25, -0.2) is 4.79 Å². The number of amides is 2. The maximum atomic E-state index is 13.2. The van der Waals surface area contributed by atoms with Crippen LogP contribution in [0.5, 0.6) is 0 Å². The van der Waals surface area contributed by atoms with Gasteiger partial charge in [-0.1, -0.05) is 51.0 Å². The summed E-state index contributed by atoms with van der Waals surface area (Å²) in [5.41, 5.74) is 1.62. The fourth-order valence-corrected chi connectivity index (χ4v) is 3.36. The van der Waals surface area contributed by atoms with Gasteiger partial charge in [0.2, 0.25) is 0 Å². The number of esters is 1. The summed E-state index contributed by atoms with van der Waals surface area (Å²) in [5.74, 6) is -0.991. The van der Waals surface area contributed by atoms with Crippen molar-refractivity contribution >= 4 is 34.6 Å². The van der Waals surface area contributed by atoms with Crippen molar-refractivity contribution in [1.82, 2.24) is 4.90 Å². The molecule has 5 heteroatoms. The first-order chi connectivity index (χ1) is 13.6. The highest BCUT2D eigenvalue weighted by atomic mass is 16.5. The molecule has 1 heterocycles. The number of carbonyl (C=O) groups excluding carboxylic acids is 3. The van der Waals surface area contributed by atoms with E-state index >= 15 is 0 Å². The van der Waals surface area contributed by atoms with Gasteiger partial charge in [0.05, 0.1) is 12.2 Å². The third-order valence-corrected chi connectivity index (χ3v) is 4.89. The van der Waals surface area contributed by atoms with E-state index < -0.39 is 5.97 Å². The predicted molar refractivity (Wildman–Crippen MR) is 109 cm³/mol. The molecule has 2 aromatic carbocycles. The highest BCUT2D eigenvalue weighted by Crippen LogP contribution is 2.33. The molecule has 0 radical (unpaired) electrons. The van der Waals surface area contributed by atoms with Crippen molar-refractivity contribution in [3.8, 4) is 0 Å². The van der Waals surface area contributed by atoms with E-state index in [1.807, 2.05) is 38.1 Å². The average Bonchev–Trinajstić information content (AvgIpc) is 2.70. The summed E-state index contributed by atoms with van der Waals surface area (Å²) in [6.45, 7) is 4.82. The van der Waals surface area contributed by atoms with Crippen molar-refractivity contribution in [1.29, 1.82) is 0 Å². The lowest BCUT2D eigenvalue weighted by Crippen LogP contribution is -2.41. The second-order valence-corrected chi connectivity index (χ2v) is 6.90. The molecular weight excluding hydrogens is 354 g/mol. The van der Waals surface area contributed by atoms with Gasteiger partial charge < -0.3 is 4.74 Å². The molecule has 1 aliphatic rings. The van der Waals surface area contributed by atoms with E-state index in [0.29, 0.717) is 35.2 Å². The summed E-state index contributed by atoms with van der Waals surface area (Å²) in [5, 5.41) is 1.50. The van der Waals surface area contributed by atoms with Crippen LogP contribution in [0.25, 0.3) is 16.8 Å². The molecule has 3 rings (SSSR count). The smallest absolute Gasteiger partial charge is 0.330 e. The minimum atomic E-state index is -0.434. The summed E-state index contributed by atoms with van der Waals surface area (Å²) in [4.78, 5) is 39.2. The lowest BCUT2D eigenvalue weighted by atomic mass is 9.90. The van der Waals surface area contributed by atoms with Crippen LogP contribution in [0.3, 0.4) is 0 Å². The number of nitrogens with zero attached hydrogens (tertiary/aromatic N) is 1. The molecule has 0 fully saturated rings. The molecule has 0 aliphatic carbocycles. The molecule has 146 valence electrons. The van der Waals surface area contributed by atoms with Gasteiger partial charge in [0.25, 0.3) is 11.8 Å². The minimum absolute atomic E-state index is 0.253. The first kappa shape index (κ1) is 19.8. The zero-order valence-corrected chi connectivity index (χ0v) is 16.4. The van der Waals surface area contributed by atoms with Crippen LogP contribution in [-0.4, -0.2) is 35.8 Å². The first-order valence-corrected chi connectivity index (χ1v) is 9.85. The molecule has 2 amide bonds. The number of hydrogen-bond acceptors (Lipinski definition) is 4. The Hall–Kier alpha value is -2.95. The molecule has 28 heavy (non-hydrogen) atoms. The Morgan fingerprint density at radius 3 is 2.57 bits per heavy atom. The Morgan fingerprint density at radius 2 is 1.82 bits per heavy atom. The summed E-state index contributed by atoms with van der Waals surface area (Å²) in [7, 11) is 0. The predicted octanol–water partition coefficient (Wildman–Crippen LogP) is 4.59. The Balaban J connectivity index is 2.01. The van der Waals surface area contributed by atoms with E-state index in [4.69, 9.17) is 4.74 Å². The average molecular weight is 379 g/mol. The molecule has 0 aromatic heterocycles. The molecule has 0 atom stereocenters. The van der Waals surface area contributed by atoms with E-state index in [0.717, 1.165) is 31.1 Å². The lowest BCUT2D eigenvalue weighted by molar-refractivity contribution is -0.137. The fourth-order valence-electron chi connectivity index (χ4n) is 3.36. The van der Waals surface area contributed by atoms with Gasteiger partial charge in [-0.3, -0.25) is 14.5 Å². The van der Waals surface area contributed by atoms with Crippen LogP contribution < -0.4 is 0 Å². The number of imide groups is 1. The summed E-state index contributed by atoms with van der Waals surface area (Å²) in [6, 6.07) is 9.15. The Morgan fingerprint density at radius 1 is 1.04 bits per heavy atom. The van der Waals surface area contributed by atoms with Crippen LogP contribution in [0.15, 0.2) is 36.4 Å². The van der Waals surface area contributed by atoms with Crippen LogP contribution in [0, 0.1) is 0 Å². The Kier molecular flexibility index (Phi) is 6.24. The number of hydrogen-bond donors (Lipinski definition) is 0. The zero-order valence-electron chi connectivity index (χ0n) is 16.4. The van der Waals surface area contributed by atoms with Gasteiger partial charge in [-0.15, -0.1) is 0 Å². The van der Waals surface area contributed by atoms with Crippen molar-refractivity contribution in [2.45, 2.75) is 39.5 Å². The Bertz CT molecular complexity index is 945. The van der Waals surface area contributed by atoms with Crippen molar-refractivity contribution < 1.29 is 19.1 Å². The molecule has 0 bridgehead atoms. The molecule has 0 saturated heterocycles. The van der Waals surface area contributed by atoms with Crippen molar-refractivity contribution in [2.24, 2.45) is 0 Å². The van der Waals surface area contributed by atoms with Crippen LogP contribution in [-0.2, 0) is 9.53 Å². The zero-order chi connectivity index (χ0) is 20.1. The van der Waals surface area contributed by atoms with E-state index in [1.165, 1.54) is 11.0 Å². The second-order valence-electron chi connectivity index (χ2n) is 6.90. The van der Waals surface area contributed by atoms with E-state index in [9.17, 15) is 14.4 Å². The summed E-state index contributed by atoms with van der Waals surface area (Å²) in [6.07, 6.45) is 6.35. The van der Waals surface area contributed by atoms with E-state index in [-0.39, 0.29) is 11.8 Å². The van der Waals surface area contributed by atoms with Gasteiger partial charge in [0, 0.05) is 23.6 Å². The third-order valence-electron chi connectivity index (χ3n) is 4.89. The number of ether oxygens (including phenoxy) is 1. The van der Waals surface area contributed by atoms with Gasteiger partial charge in [0.15, 0.2) is 0 Å². The monoisotopic (exact) mass is 379 g/mol. The molecule has 0 spiro atoms. The van der Waals surface area contributed by atoms with Gasteiger partial charge >= 0.3 is 5.97 Å². The normalized spacial score (nSPS) is 13.6. The standard InChI is InChI=1S/C23H25NO4/c1-3-5-14-24-22(26)18-9-7-8-16-10-11-17(21(20(16)18)23(24)27)12-13-19(25)28-15-6-4-2/h7-13H,3-6,14-15H2,1-2H3/b13-12+. The SMILES string of the molecule is CCCCOC(=O)/C=C/c1ccc2cccc3c2c1C(=O)N(CCCC)C3=O. The number of unbranched alkanes of at least 4 members (excludes halogenated alkanes) is 2. The second kappa shape index (κ2) is 8.83. The third kappa shape index (κ3) is 3.84. The van der Waals surface area contributed by atoms with E-state index in [1.54, 1.807) is 12.1 Å².